The highest BCUT2D eigenvalue weighted by atomic mass is 35.5. The van der Waals surface area contributed by atoms with Crippen molar-refractivity contribution in [1.29, 1.82) is 0 Å². The molecule has 1 N–H and O–H groups in total. The standard InChI is InChI=1S/C18H23Cl2NO/c1-22-18-14(7-15(19)8-16(18)20)9-21-17-12-3-10-2-11(5-12)6-13(17)4-10/h7-8,10-13,17,21H,2-6,9H2,1H3. The number of methoxy groups -OCH3 is 1. The molecule has 4 aliphatic carbocycles. The monoisotopic (exact) mass is 339 g/mol. The summed E-state index contributed by atoms with van der Waals surface area (Å²) < 4.78 is 5.46. The summed E-state index contributed by atoms with van der Waals surface area (Å²) in [4.78, 5) is 0. The topological polar surface area (TPSA) is 21.3 Å². The lowest BCUT2D eigenvalue weighted by atomic mass is 9.54. The first-order chi connectivity index (χ1) is 10.6. The maximum Gasteiger partial charge on any atom is 0.142 e. The molecule has 4 aliphatic rings. The number of hydrogen-bond acceptors (Lipinski definition) is 2. The van der Waals surface area contributed by atoms with Gasteiger partial charge in [0.2, 0.25) is 0 Å². The fourth-order valence-electron chi connectivity index (χ4n) is 5.46. The van der Waals surface area contributed by atoms with Crippen LogP contribution in [0.2, 0.25) is 10.0 Å². The molecule has 0 atom stereocenters. The molecule has 5 rings (SSSR count). The molecule has 4 bridgehead atoms. The average molecular weight is 340 g/mol. The molecule has 4 saturated carbocycles. The molecule has 22 heavy (non-hydrogen) atoms. The second-order valence-electron chi connectivity index (χ2n) is 7.42. The SMILES string of the molecule is COc1c(Cl)cc(Cl)cc1CNC1C2CC3CC(C2)CC1C3. The number of nitrogens with one attached hydrogen (secondary N) is 1. The highest BCUT2D eigenvalue weighted by Gasteiger charge is 2.47. The van der Waals surface area contributed by atoms with Crippen molar-refractivity contribution in [2.75, 3.05) is 7.11 Å². The van der Waals surface area contributed by atoms with Crippen LogP contribution in [0.4, 0.5) is 0 Å². The van der Waals surface area contributed by atoms with Gasteiger partial charge in [-0.2, -0.15) is 0 Å². The van der Waals surface area contributed by atoms with Crippen molar-refractivity contribution in [2.24, 2.45) is 23.7 Å². The van der Waals surface area contributed by atoms with Crippen molar-refractivity contribution in [3.63, 3.8) is 0 Å². The van der Waals surface area contributed by atoms with Crippen molar-refractivity contribution < 1.29 is 4.74 Å². The Hall–Kier alpha value is -0.440. The lowest BCUT2D eigenvalue weighted by Crippen LogP contribution is -2.54. The van der Waals surface area contributed by atoms with Crippen LogP contribution >= 0.6 is 23.2 Å². The molecule has 1 aromatic rings. The van der Waals surface area contributed by atoms with E-state index in [1.54, 1.807) is 13.2 Å². The molecule has 0 spiro atoms. The Morgan fingerprint density at radius 1 is 1.05 bits per heavy atom. The second kappa shape index (κ2) is 5.89. The summed E-state index contributed by atoms with van der Waals surface area (Å²) in [6, 6.07) is 4.37. The zero-order chi connectivity index (χ0) is 15.3. The van der Waals surface area contributed by atoms with Crippen molar-refractivity contribution in [3.05, 3.63) is 27.7 Å². The molecular formula is C18H23Cl2NO. The van der Waals surface area contributed by atoms with Gasteiger partial charge in [0.05, 0.1) is 12.1 Å². The Kier molecular flexibility index (Phi) is 4.04. The van der Waals surface area contributed by atoms with Gasteiger partial charge in [-0.1, -0.05) is 23.2 Å². The fourth-order valence-corrected chi connectivity index (χ4v) is 6.07. The van der Waals surface area contributed by atoms with E-state index in [0.717, 1.165) is 41.5 Å². The lowest BCUT2D eigenvalue weighted by Gasteiger charge is -2.54. The Morgan fingerprint density at radius 2 is 1.68 bits per heavy atom. The third-order valence-electron chi connectivity index (χ3n) is 6.04. The van der Waals surface area contributed by atoms with Gasteiger partial charge >= 0.3 is 0 Å². The summed E-state index contributed by atoms with van der Waals surface area (Å²) >= 11 is 12.4. The number of ether oxygens (including phenoxy) is 1. The van der Waals surface area contributed by atoms with Crippen molar-refractivity contribution >= 4 is 23.2 Å². The molecule has 0 radical (unpaired) electrons. The van der Waals surface area contributed by atoms with Crippen LogP contribution in [-0.2, 0) is 6.54 Å². The van der Waals surface area contributed by atoms with Gasteiger partial charge in [0, 0.05) is 23.2 Å². The van der Waals surface area contributed by atoms with Gasteiger partial charge in [-0.05, 0) is 67.9 Å². The minimum Gasteiger partial charge on any atom is -0.495 e. The van der Waals surface area contributed by atoms with Gasteiger partial charge in [0.15, 0.2) is 0 Å². The Morgan fingerprint density at radius 3 is 2.27 bits per heavy atom. The maximum atomic E-state index is 6.24. The molecule has 120 valence electrons. The minimum atomic E-state index is 0.594. The molecule has 4 fully saturated rings. The third kappa shape index (κ3) is 2.64. The average Bonchev–Trinajstić information content (AvgIpc) is 2.45. The first kappa shape index (κ1) is 15.1. The summed E-state index contributed by atoms with van der Waals surface area (Å²) in [6.07, 6.45) is 7.21. The van der Waals surface area contributed by atoms with Crippen molar-refractivity contribution in [3.8, 4) is 5.75 Å². The van der Waals surface area contributed by atoms with Gasteiger partial charge in [-0.3, -0.25) is 0 Å². The molecule has 2 nitrogen and oxygen atoms in total. The van der Waals surface area contributed by atoms with Crippen LogP contribution in [0.1, 0.15) is 37.7 Å². The molecular weight excluding hydrogens is 317 g/mol. The van der Waals surface area contributed by atoms with E-state index in [1.165, 1.54) is 32.1 Å². The highest BCUT2D eigenvalue weighted by Crippen LogP contribution is 2.53. The normalized spacial score (nSPS) is 35.9. The molecule has 0 aliphatic heterocycles. The molecule has 1 aromatic carbocycles. The summed E-state index contributed by atoms with van der Waals surface area (Å²) in [5, 5.41) is 5.08. The number of benzene rings is 1. The van der Waals surface area contributed by atoms with Crippen LogP contribution < -0.4 is 10.1 Å². The first-order valence-corrected chi connectivity index (χ1v) is 9.15. The molecule has 0 unspecified atom stereocenters. The highest BCUT2D eigenvalue weighted by molar-refractivity contribution is 6.35. The summed E-state index contributed by atoms with van der Waals surface area (Å²) in [5.74, 6) is 4.52. The van der Waals surface area contributed by atoms with Gasteiger partial charge in [-0.25, -0.2) is 0 Å². The molecule has 4 heteroatoms. The van der Waals surface area contributed by atoms with E-state index in [4.69, 9.17) is 27.9 Å². The Labute approximate surface area is 142 Å². The van der Waals surface area contributed by atoms with Crippen molar-refractivity contribution in [1.82, 2.24) is 5.32 Å². The van der Waals surface area contributed by atoms with Crippen LogP contribution in [0.15, 0.2) is 12.1 Å². The van der Waals surface area contributed by atoms with E-state index >= 15 is 0 Å². The fraction of sp³-hybridized carbons (Fsp3) is 0.667. The Balaban J connectivity index is 1.49. The first-order valence-electron chi connectivity index (χ1n) is 8.39. The van der Waals surface area contributed by atoms with E-state index in [-0.39, 0.29) is 0 Å². The van der Waals surface area contributed by atoms with Crippen LogP contribution in [0.25, 0.3) is 0 Å². The zero-order valence-corrected chi connectivity index (χ0v) is 14.5. The summed E-state index contributed by atoms with van der Waals surface area (Å²) in [6.45, 7) is 0.788. The number of hydrogen-bond donors (Lipinski definition) is 1. The van der Waals surface area contributed by atoms with E-state index < -0.39 is 0 Å². The largest absolute Gasteiger partial charge is 0.495 e. The molecule has 0 saturated heterocycles. The predicted octanol–water partition coefficient (Wildman–Crippen LogP) is 4.92. The van der Waals surface area contributed by atoms with E-state index in [2.05, 4.69) is 5.32 Å². The smallest absolute Gasteiger partial charge is 0.142 e. The lowest BCUT2D eigenvalue weighted by molar-refractivity contribution is -0.0143. The van der Waals surface area contributed by atoms with Gasteiger partial charge in [0.1, 0.15) is 5.75 Å². The maximum absolute atomic E-state index is 6.24. The van der Waals surface area contributed by atoms with Crippen LogP contribution in [0.5, 0.6) is 5.75 Å². The predicted molar refractivity (Wildman–Crippen MR) is 90.7 cm³/mol. The summed E-state index contributed by atoms with van der Waals surface area (Å²) in [5.41, 5.74) is 1.06. The second-order valence-corrected chi connectivity index (χ2v) is 8.26. The van der Waals surface area contributed by atoms with E-state index in [9.17, 15) is 0 Å². The van der Waals surface area contributed by atoms with Gasteiger partial charge in [-0.15, -0.1) is 0 Å². The van der Waals surface area contributed by atoms with E-state index in [0.29, 0.717) is 16.1 Å². The van der Waals surface area contributed by atoms with Crippen LogP contribution in [0, 0.1) is 23.7 Å². The van der Waals surface area contributed by atoms with Gasteiger partial charge in [0.25, 0.3) is 0 Å². The molecule has 0 aromatic heterocycles. The summed E-state index contributed by atoms with van der Waals surface area (Å²) in [7, 11) is 1.67. The molecule has 0 heterocycles. The van der Waals surface area contributed by atoms with Crippen LogP contribution in [-0.4, -0.2) is 13.2 Å². The number of rotatable bonds is 4. The molecule has 0 amide bonds. The van der Waals surface area contributed by atoms with Gasteiger partial charge < -0.3 is 10.1 Å². The third-order valence-corrected chi connectivity index (χ3v) is 6.54. The van der Waals surface area contributed by atoms with Crippen molar-refractivity contribution in [2.45, 2.75) is 44.7 Å². The zero-order valence-electron chi connectivity index (χ0n) is 12.9. The number of halogens is 2. The van der Waals surface area contributed by atoms with Crippen LogP contribution in [0.3, 0.4) is 0 Å². The minimum absolute atomic E-state index is 0.594. The van der Waals surface area contributed by atoms with E-state index in [1.807, 2.05) is 6.07 Å². The quantitative estimate of drug-likeness (QED) is 0.840. The Bertz CT molecular complexity index is 546.